The second kappa shape index (κ2) is 38.2. The van der Waals surface area contributed by atoms with E-state index in [0.29, 0.717) is 70.6 Å². The van der Waals surface area contributed by atoms with E-state index in [9.17, 15) is 25.3 Å². The van der Waals surface area contributed by atoms with Gasteiger partial charge in [0.05, 0.1) is 41.0 Å². The SMILES string of the molecule is BrCCNBr.C.C.CC(C)(C)S(=O)(=O)NCCBr.CC(C)(C)S(=O)(=O)NCCn1c(Sc2cc3c(cc2I)CCC3)nc2c(N)ncnc21.CC(C)(C)S(=O)NCCBr.CC(C)(C)S(=O)NCCn1c(Sc2cc3c(cc2I)CCC3)nc2c(N)ncnc21. The Morgan fingerprint density at radius 2 is 0.899 bits per heavy atom. The maximum absolute atomic E-state index is 12.4. The molecule has 504 valence electrons. The minimum Gasteiger partial charge on any atom is -0.382 e. The van der Waals surface area contributed by atoms with Crippen LogP contribution in [-0.4, -0.2) is 132 Å². The predicted molar refractivity (Wildman–Crippen MR) is 407 cm³/mol. The summed E-state index contributed by atoms with van der Waals surface area (Å²) in [4.78, 5) is 28.7. The van der Waals surface area contributed by atoms with Crippen LogP contribution in [0.15, 0.2) is 57.0 Å². The van der Waals surface area contributed by atoms with E-state index in [0.717, 1.165) is 59.5 Å². The summed E-state index contributed by atoms with van der Waals surface area (Å²) in [6.45, 7) is 25.6. The van der Waals surface area contributed by atoms with Crippen LogP contribution in [-0.2, 0) is 80.8 Å². The Labute approximate surface area is 604 Å². The Morgan fingerprint density at radius 1 is 0.551 bits per heavy atom. The van der Waals surface area contributed by atoms with Gasteiger partial charge in [0.25, 0.3) is 0 Å². The molecule has 2 unspecified atom stereocenters. The van der Waals surface area contributed by atoms with E-state index in [4.69, 9.17) is 21.4 Å². The molecule has 89 heavy (non-hydrogen) atoms. The minimum atomic E-state index is -3.45. The van der Waals surface area contributed by atoms with Gasteiger partial charge in [-0.1, -0.05) is 86.2 Å². The Bertz CT molecular complexity index is 3520. The van der Waals surface area contributed by atoms with Gasteiger partial charge in [-0.05, 0) is 213 Å². The van der Waals surface area contributed by atoms with Crippen LogP contribution in [0.4, 0.5) is 11.6 Å². The number of sulfonamides is 2. The van der Waals surface area contributed by atoms with Crippen molar-refractivity contribution in [2.75, 3.05) is 60.2 Å². The summed E-state index contributed by atoms with van der Waals surface area (Å²) < 4.78 is 89.2. The number of hydrogen-bond donors (Lipinski definition) is 7. The van der Waals surface area contributed by atoms with Gasteiger partial charge in [-0.15, -0.1) is 0 Å². The number of halogens is 6. The summed E-state index contributed by atoms with van der Waals surface area (Å²) in [5, 5.41) is 4.01. The van der Waals surface area contributed by atoms with Crippen LogP contribution >= 0.6 is 133 Å². The highest BCUT2D eigenvalue weighted by Crippen LogP contribution is 2.39. The summed E-state index contributed by atoms with van der Waals surface area (Å²) in [7, 11) is -8.64. The second-order valence-corrected chi connectivity index (χ2v) is 39.9. The Balaban J connectivity index is 0.000000431. The third-order valence-electron chi connectivity index (χ3n) is 12.6. The van der Waals surface area contributed by atoms with E-state index in [1.165, 1.54) is 59.8 Å². The largest absolute Gasteiger partial charge is 0.382 e. The van der Waals surface area contributed by atoms with Gasteiger partial charge in [0.1, 0.15) is 12.7 Å². The van der Waals surface area contributed by atoms with Crippen molar-refractivity contribution < 1.29 is 25.3 Å². The van der Waals surface area contributed by atoms with Crippen molar-refractivity contribution in [3.8, 4) is 0 Å². The van der Waals surface area contributed by atoms with Gasteiger partial charge in [0.15, 0.2) is 44.3 Å². The number of alkyl halides is 3. The molecule has 0 amide bonds. The quantitative estimate of drug-likeness (QED) is 0.0212. The Kier molecular flexibility index (Phi) is 36.2. The third kappa shape index (κ3) is 25.6. The first-order chi connectivity index (χ1) is 40.5. The van der Waals surface area contributed by atoms with Crippen LogP contribution in [0, 0.1) is 7.14 Å². The van der Waals surface area contributed by atoms with Crippen LogP contribution in [0.25, 0.3) is 22.3 Å². The first-order valence-corrected chi connectivity index (χ1v) is 40.9. The number of anilines is 2. The molecule has 4 heterocycles. The second-order valence-electron chi connectivity index (χ2n) is 23.5. The number of aryl methyl sites for hydroxylation is 4. The number of rotatable bonds is 20. The summed E-state index contributed by atoms with van der Waals surface area (Å²) >= 11 is 20.6. The van der Waals surface area contributed by atoms with Crippen LogP contribution in [0.1, 0.15) is 133 Å². The lowest BCUT2D eigenvalue weighted by atomic mass is 10.1. The number of imidazole rings is 2. The molecule has 2 aromatic carbocycles. The van der Waals surface area contributed by atoms with Crippen molar-refractivity contribution in [1.29, 1.82) is 0 Å². The van der Waals surface area contributed by atoms with E-state index >= 15 is 0 Å². The number of benzene rings is 2. The lowest BCUT2D eigenvalue weighted by molar-refractivity contribution is 0.535. The van der Waals surface area contributed by atoms with Crippen molar-refractivity contribution in [2.24, 2.45) is 0 Å². The lowest BCUT2D eigenvalue weighted by Gasteiger charge is -2.20. The van der Waals surface area contributed by atoms with E-state index in [1.54, 1.807) is 65.1 Å². The number of fused-ring (bicyclic) bond motifs is 4. The minimum absolute atomic E-state index is 0. The molecule has 0 aliphatic heterocycles. The molecule has 33 heteroatoms. The van der Waals surface area contributed by atoms with Crippen LogP contribution in [0.5, 0.6) is 0 Å². The van der Waals surface area contributed by atoms with E-state index in [-0.39, 0.29) is 30.9 Å². The monoisotopic (exact) mass is 1830 g/mol. The fourth-order valence-electron chi connectivity index (χ4n) is 7.67. The zero-order valence-corrected chi connectivity index (χ0v) is 66.7. The average molecular weight is 1840 g/mol. The van der Waals surface area contributed by atoms with Gasteiger partial charge >= 0.3 is 0 Å². The number of hydrogen-bond acceptors (Lipinski definition) is 17. The fourth-order valence-corrected chi connectivity index (χ4v) is 16.2. The highest BCUT2D eigenvalue weighted by atomic mass is 127. The molecular formula is C56H91Br4I2N15O6S6. The van der Waals surface area contributed by atoms with E-state index in [1.807, 2.05) is 50.7 Å². The molecule has 4 aromatic heterocycles. The number of nitrogens with zero attached hydrogens (tertiary/aromatic N) is 8. The molecule has 6 aromatic rings. The summed E-state index contributed by atoms with van der Waals surface area (Å²) in [6.07, 6.45) is 9.82. The van der Waals surface area contributed by atoms with Crippen LogP contribution < -0.4 is 34.7 Å². The van der Waals surface area contributed by atoms with Crippen molar-refractivity contribution >= 4 is 209 Å². The molecule has 2 atom stereocenters. The Morgan fingerprint density at radius 3 is 1.24 bits per heavy atom. The lowest BCUT2D eigenvalue weighted by Crippen LogP contribution is -2.40. The highest BCUT2D eigenvalue weighted by molar-refractivity contribution is 14.1. The molecule has 2 aliphatic rings. The van der Waals surface area contributed by atoms with Crippen LogP contribution in [0.2, 0.25) is 0 Å². The number of nitrogens with two attached hydrogens (primary N) is 2. The number of nitrogen functional groups attached to an aromatic ring is 2. The van der Waals surface area contributed by atoms with Gasteiger partial charge < -0.3 is 20.6 Å². The highest BCUT2D eigenvalue weighted by Gasteiger charge is 2.30. The molecule has 0 bridgehead atoms. The average Bonchev–Trinajstić information content (AvgIpc) is 1.68. The van der Waals surface area contributed by atoms with E-state index in [2.05, 4.69) is 177 Å². The predicted octanol–water partition coefficient (Wildman–Crippen LogP) is 12.2. The maximum Gasteiger partial charge on any atom is 0.216 e. The molecule has 9 N–H and O–H groups in total. The van der Waals surface area contributed by atoms with Gasteiger partial charge in [0.2, 0.25) is 20.0 Å². The molecule has 0 spiro atoms. The van der Waals surface area contributed by atoms with Gasteiger partial charge in [-0.2, -0.15) is 0 Å². The topological polar surface area (TPSA) is 302 Å². The standard InChI is InChI=1S/C20H25IN6O2S2.C20H25IN6OS2.C6H14BrNO2S.C6H14BrNOS.C2H5Br2N.2CH4/c1-20(2,3)31(28,29)25-7-8-27-18-16(17(22)23-11-24-18)26-19(27)30-15-10-13-6-4-5-12(13)9-14(15)21;1-20(2,3)30(28)25-7-8-27-18-16(17(22)23-11-24-18)26-19(27)29-15-10-13-6-4-5-12(13)9-14(15)21;1-6(2,3)11(9,10)8-5-4-7;1-6(2,3)10(9)8-5-4-7;3-1-2-5-4;;/h9-11,25H,4-8H2,1-3H3,(H2,22,23,24);9-11,25H,4-8H2,1-3H3,(H2,22,23,24);8H,4-5H2,1-3H3;8H,4-5H2,1-3H3;5H,1-2H2;2*1H4. The molecule has 0 radical (unpaired) electrons. The van der Waals surface area contributed by atoms with Crippen molar-refractivity contribution in [2.45, 2.75) is 189 Å². The Hall–Kier alpha value is -0.780. The summed E-state index contributed by atoms with van der Waals surface area (Å²) in [5.74, 6) is 0.681. The number of aromatic nitrogens is 8. The summed E-state index contributed by atoms with van der Waals surface area (Å²) in [5.41, 5.74) is 20.2. The summed E-state index contributed by atoms with van der Waals surface area (Å²) in [6, 6.07) is 9.08. The van der Waals surface area contributed by atoms with Gasteiger partial charge in [-0.3, -0.25) is 4.34 Å². The normalized spacial score (nSPS) is 13.9. The third-order valence-corrected chi connectivity index (χ3v) is 26.3. The zero-order valence-electron chi connectivity index (χ0n) is 51.2. The molecule has 8 rings (SSSR count). The van der Waals surface area contributed by atoms with Gasteiger partial charge in [-0.25, -0.2) is 74.0 Å². The molecule has 0 saturated heterocycles. The van der Waals surface area contributed by atoms with Crippen molar-refractivity contribution in [3.63, 3.8) is 0 Å². The van der Waals surface area contributed by atoms with Crippen LogP contribution in [0.3, 0.4) is 0 Å². The zero-order chi connectivity index (χ0) is 65.3. The number of nitrogens with one attached hydrogen (secondary N) is 5. The molecule has 2 aliphatic carbocycles. The smallest absolute Gasteiger partial charge is 0.216 e. The molecule has 0 fully saturated rings. The first-order valence-electron chi connectivity index (χ1n) is 27.7. The molecule has 21 nitrogen and oxygen atoms in total. The molecular weight excluding hydrogens is 1740 g/mol. The molecule has 0 saturated carbocycles. The van der Waals surface area contributed by atoms with E-state index < -0.39 is 51.5 Å². The van der Waals surface area contributed by atoms with Gasteiger partial charge in [0, 0.05) is 94.9 Å². The first kappa shape index (κ1) is 84.3. The van der Waals surface area contributed by atoms with Crippen molar-refractivity contribution in [3.05, 3.63) is 66.3 Å². The fraction of sp³-hybridized carbons (Fsp3) is 0.607. The maximum atomic E-state index is 12.4. The van der Waals surface area contributed by atoms with Crippen molar-refractivity contribution in [1.82, 2.24) is 62.3 Å².